The number of likely N-dealkylation sites (tertiary alicyclic amines) is 1. The molecule has 0 bridgehead atoms. The molecular weight excluding hydrogens is 1450 g/mol. The van der Waals surface area contributed by atoms with Gasteiger partial charge in [0.05, 0.1) is 25.9 Å². The van der Waals surface area contributed by atoms with Crippen LogP contribution in [0.15, 0.2) is 0 Å². The minimum absolute atomic E-state index is 0.0188. The van der Waals surface area contributed by atoms with Gasteiger partial charge in [-0.3, -0.25) is 81.5 Å². The number of nitrogens with zero attached hydrogens (tertiary/aromatic N) is 1. The molecule has 0 aromatic heterocycles. The van der Waals surface area contributed by atoms with E-state index in [4.69, 9.17) is 22.3 Å². The Bertz CT molecular complexity index is 3160. The molecule has 40 nitrogen and oxygen atoms in total. The number of thioether (sulfide) groups is 1. The average molecular weight is 1570 g/mol. The van der Waals surface area contributed by atoms with Crippen molar-refractivity contribution in [2.45, 2.75) is 251 Å². The molecule has 0 unspecified atom stereocenters. The lowest BCUT2D eigenvalue weighted by atomic mass is 9.96. The van der Waals surface area contributed by atoms with Gasteiger partial charge in [0.1, 0.15) is 84.6 Å². The van der Waals surface area contributed by atoms with Crippen LogP contribution in [0.2, 0.25) is 0 Å². The van der Waals surface area contributed by atoms with Crippen molar-refractivity contribution < 1.29 is 112 Å². The molecule has 24 N–H and O–H groups in total. The summed E-state index contributed by atoms with van der Waals surface area (Å²) in [5, 5.41) is 80.9. The van der Waals surface area contributed by atoms with Crippen LogP contribution < -0.4 is 86.3 Å². The highest BCUT2D eigenvalue weighted by Gasteiger charge is 2.42. The lowest BCUT2D eigenvalue weighted by Crippen LogP contribution is -2.63. The first-order valence-electron chi connectivity index (χ1n) is 36.2. The van der Waals surface area contributed by atoms with Gasteiger partial charge >= 0.3 is 11.9 Å². The quantitative estimate of drug-likeness (QED) is 0.0269. The molecule has 1 fully saturated rings. The summed E-state index contributed by atoms with van der Waals surface area (Å²) in [4.78, 5) is 241. The van der Waals surface area contributed by atoms with Crippen LogP contribution in [0.5, 0.6) is 0 Å². The molecule has 0 aromatic carbocycles. The molecule has 1 aliphatic heterocycles. The van der Waals surface area contributed by atoms with Gasteiger partial charge in [0.25, 0.3) is 0 Å². The molecule has 1 aliphatic rings. The number of aliphatic carboxylic acids is 2. The Morgan fingerprint density at radius 2 is 0.881 bits per heavy atom. The zero-order valence-electron chi connectivity index (χ0n) is 64.2. The van der Waals surface area contributed by atoms with Crippen LogP contribution in [0.4, 0.5) is 0 Å². The van der Waals surface area contributed by atoms with E-state index >= 15 is 0 Å². The third-order valence-corrected chi connectivity index (χ3v) is 18.2. The van der Waals surface area contributed by atoms with Gasteiger partial charge in [-0.1, -0.05) is 75.7 Å². The predicted octanol–water partition coefficient (Wildman–Crippen LogP) is -6.69. The molecule has 109 heavy (non-hydrogen) atoms. The summed E-state index contributed by atoms with van der Waals surface area (Å²) in [6, 6.07) is -20.7. The Morgan fingerprint density at radius 3 is 1.35 bits per heavy atom. The van der Waals surface area contributed by atoms with Gasteiger partial charge in [-0.25, -0.2) is 4.79 Å². The lowest BCUT2D eigenvalue weighted by molar-refractivity contribution is -0.143. The average Bonchev–Trinajstić information content (AvgIpc) is 1.78. The third-order valence-electron chi connectivity index (χ3n) is 17.5. The first-order chi connectivity index (χ1) is 50.8. The second-order valence-corrected chi connectivity index (χ2v) is 29.5. The summed E-state index contributed by atoms with van der Waals surface area (Å²) in [6.45, 7) is 16.3. The van der Waals surface area contributed by atoms with E-state index in [1.807, 2.05) is 0 Å². The fraction of sp³-hybridized carbons (Fsp3) is 0.735. The van der Waals surface area contributed by atoms with Crippen LogP contribution >= 0.6 is 11.8 Å². The van der Waals surface area contributed by atoms with Crippen molar-refractivity contribution in [1.29, 1.82) is 0 Å². The standard InChI is InChI=1S/C68H117N17O23S/c1-14-35(10)53(65(104)76-41(23-25-109-13)67(106)85-24-15-16-46(85)62(101)72-28-49(91)74-39(17-20-47(70)89)57(96)77-42(68(107)108)19-22-50(92)93)83-60(99)44(27-32(4)5)79-58(97)40(18-21-48(71)90)75-66(105)54(37(12)88)84-61(100)45(30-87)80-63(102)51(33(6)7)82-64(103)52(34(8)9)81-55(94)36(11)73-59(98)43(26-31(2)3)78-56(95)38(69)29-86/h31-46,51-54,86-88H,14-30,69H2,1-13H3,(H2,70,89)(H2,71,90)(H,72,101)(H,73,98)(H,74,91)(H,75,105)(H,76,104)(H,77,96)(H,78,95)(H,79,97)(H,80,102)(H,81,94)(H,82,103)(H,83,99)(H,84,100)(H,92,93)(H,107,108)/t35-,36-,37+,38-,39-,40-,41-,42-,43-,44-,45-,46-,51-,52-,53-,54-/m0/s1. The topological polar surface area (TPSA) is 646 Å². The number of aliphatic hydroxyl groups excluding tert-OH is 3. The number of rotatable bonds is 51. The Balaban J connectivity index is 3.42. The summed E-state index contributed by atoms with van der Waals surface area (Å²) in [6.07, 6.45) is -2.38. The molecular formula is C68H117N17O23S. The fourth-order valence-electron chi connectivity index (χ4n) is 11.0. The normalized spacial score (nSPS) is 16.9. The molecule has 1 heterocycles. The Labute approximate surface area is 637 Å². The maximum absolute atomic E-state index is 14.5. The van der Waals surface area contributed by atoms with E-state index in [1.54, 1.807) is 61.6 Å². The highest BCUT2D eigenvalue weighted by atomic mass is 32.2. The zero-order chi connectivity index (χ0) is 83.4. The number of hydrogen-bond acceptors (Lipinski definition) is 23. The smallest absolute Gasteiger partial charge is 0.326 e. The first-order valence-corrected chi connectivity index (χ1v) is 37.6. The number of aliphatic hydroxyl groups is 3. The molecule has 1 rings (SSSR count). The van der Waals surface area contributed by atoms with Crippen LogP contribution in [0.3, 0.4) is 0 Å². The molecule has 16 atom stereocenters. The van der Waals surface area contributed by atoms with Crippen LogP contribution in [0.1, 0.15) is 160 Å². The maximum atomic E-state index is 14.5. The van der Waals surface area contributed by atoms with Gasteiger partial charge in [-0.2, -0.15) is 11.8 Å². The van der Waals surface area contributed by atoms with Gasteiger partial charge in [0.15, 0.2) is 0 Å². The fourth-order valence-corrected chi connectivity index (χ4v) is 11.5. The molecule has 16 amide bonds. The van der Waals surface area contributed by atoms with E-state index in [0.29, 0.717) is 12.2 Å². The minimum Gasteiger partial charge on any atom is -0.481 e. The number of carbonyl (C=O) groups excluding carboxylic acids is 16. The van der Waals surface area contributed by atoms with E-state index in [0.717, 1.165) is 6.92 Å². The maximum Gasteiger partial charge on any atom is 0.326 e. The largest absolute Gasteiger partial charge is 0.481 e. The first kappa shape index (κ1) is 97.7. The van der Waals surface area contributed by atoms with Crippen LogP contribution in [0, 0.1) is 29.6 Å². The monoisotopic (exact) mass is 1570 g/mol. The Hall–Kier alpha value is -9.35. The van der Waals surface area contributed by atoms with E-state index < -0.39 is 273 Å². The summed E-state index contributed by atoms with van der Waals surface area (Å²) in [5.41, 5.74) is 16.3. The van der Waals surface area contributed by atoms with Gasteiger partial charge in [0, 0.05) is 25.8 Å². The van der Waals surface area contributed by atoms with Crippen molar-refractivity contribution in [3.8, 4) is 0 Å². The SMILES string of the molecule is CC[C@H](C)[C@H](NC(=O)[C@H](CC(C)C)NC(=O)[C@H](CCC(N)=O)NC(=O)[C@@H](NC(=O)[C@H](CO)NC(=O)[C@@H](NC(=O)[C@@H](NC(=O)[C@H](C)NC(=O)[C@H](CC(C)C)NC(=O)[C@@H](N)CO)C(C)C)C(C)C)[C@@H](C)O)C(=O)N[C@@H](CCSC)C(=O)N1CCC[C@H]1C(=O)NCC(=O)N[C@@H](CCC(N)=O)C(=O)N[C@@H](CCC(=O)O)C(=O)O. The van der Waals surface area contributed by atoms with Gasteiger partial charge in [-0.15, -0.1) is 0 Å². The molecule has 618 valence electrons. The molecule has 0 saturated carbocycles. The Kier molecular flexibility index (Phi) is 43.8. The minimum atomic E-state index is -1.97. The molecule has 41 heteroatoms. The second kappa shape index (κ2) is 48.9. The highest BCUT2D eigenvalue weighted by molar-refractivity contribution is 7.98. The molecule has 0 radical (unpaired) electrons. The number of nitrogens with two attached hydrogens (primary N) is 3. The zero-order valence-corrected chi connectivity index (χ0v) is 65.1. The Morgan fingerprint density at radius 1 is 0.468 bits per heavy atom. The van der Waals surface area contributed by atoms with E-state index in [-0.39, 0.29) is 50.5 Å². The number of nitrogens with one attached hydrogen (secondary N) is 13. The summed E-state index contributed by atoms with van der Waals surface area (Å²) >= 11 is 1.32. The van der Waals surface area contributed by atoms with Crippen LogP contribution in [-0.2, 0) is 86.3 Å². The van der Waals surface area contributed by atoms with Crippen molar-refractivity contribution in [2.24, 2.45) is 46.8 Å². The van der Waals surface area contributed by atoms with Crippen LogP contribution in [0.25, 0.3) is 0 Å². The van der Waals surface area contributed by atoms with Crippen molar-refractivity contribution >= 4 is 118 Å². The van der Waals surface area contributed by atoms with Gasteiger partial charge in [-0.05, 0) is 107 Å². The van der Waals surface area contributed by atoms with Crippen molar-refractivity contribution in [1.82, 2.24) is 74.0 Å². The number of hydrogen-bond donors (Lipinski definition) is 21. The summed E-state index contributed by atoms with van der Waals surface area (Å²) < 4.78 is 0. The number of primary amides is 2. The number of carboxylic acids is 2. The van der Waals surface area contributed by atoms with E-state index in [9.17, 15) is 107 Å². The molecule has 0 aliphatic carbocycles. The molecule has 0 aromatic rings. The van der Waals surface area contributed by atoms with Gasteiger partial charge in [0.2, 0.25) is 94.5 Å². The van der Waals surface area contributed by atoms with Crippen molar-refractivity contribution in [3.05, 3.63) is 0 Å². The highest BCUT2D eigenvalue weighted by Crippen LogP contribution is 2.22. The number of carboxylic acid groups (broad SMARTS) is 2. The lowest BCUT2D eigenvalue weighted by Gasteiger charge is -2.32. The predicted molar refractivity (Wildman–Crippen MR) is 393 cm³/mol. The number of carbonyl (C=O) groups is 18. The number of amides is 16. The van der Waals surface area contributed by atoms with Crippen molar-refractivity contribution in [3.63, 3.8) is 0 Å². The van der Waals surface area contributed by atoms with E-state index in [2.05, 4.69) is 69.1 Å². The third kappa shape index (κ3) is 34.8. The molecule has 0 spiro atoms. The van der Waals surface area contributed by atoms with E-state index in [1.165, 1.54) is 37.4 Å². The summed E-state index contributed by atoms with van der Waals surface area (Å²) in [5.74, 6) is -20.2. The summed E-state index contributed by atoms with van der Waals surface area (Å²) in [7, 11) is 0. The molecule has 1 saturated heterocycles. The van der Waals surface area contributed by atoms with Gasteiger partial charge < -0.3 is 117 Å². The van der Waals surface area contributed by atoms with Crippen LogP contribution in [-0.4, -0.2) is 266 Å². The second-order valence-electron chi connectivity index (χ2n) is 28.5. The van der Waals surface area contributed by atoms with Crippen molar-refractivity contribution in [2.75, 3.05) is 38.3 Å².